The molecule has 0 atom stereocenters. The summed E-state index contributed by atoms with van der Waals surface area (Å²) < 4.78 is 15.5. The van der Waals surface area contributed by atoms with Gasteiger partial charge in [0.05, 0.1) is 37.8 Å². The average molecular weight is 454 g/mol. The number of rotatable bonds is 9. The van der Waals surface area contributed by atoms with Crippen molar-refractivity contribution in [3.63, 3.8) is 0 Å². The van der Waals surface area contributed by atoms with Gasteiger partial charge in [0.2, 0.25) is 5.91 Å². The standard InChI is InChI=1S/C23H23N3O5S/c1-4-31-23(28)15-5-8-17(9-6-15)24-21(27)14-32-22-12-10-18(25-26-22)16-7-11-19(29-2)20(13-16)30-3/h5-13H,4,14H2,1-3H3,(H,24,27). The molecule has 0 fully saturated rings. The van der Waals surface area contributed by atoms with Crippen LogP contribution in [0.1, 0.15) is 17.3 Å². The molecule has 9 heteroatoms. The van der Waals surface area contributed by atoms with E-state index in [9.17, 15) is 9.59 Å². The summed E-state index contributed by atoms with van der Waals surface area (Å²) in [6.07, 6.45) is 0. The highest BCUT2D eigenvalue weighted by atomic mass is 32.2. The monoisotopic (exact) mass is 453 g/mol. The molecule has 0 spiro atoms. The zero-order valence-corrected chi connectivity index (χ0v) is 18.8. The number of carbonyl (C=O) groups is 2. The number of aromatic nitrogens is 2. The normalized spacial score (nSPS) is 10.3. The van der Waals surface area contributed by atoms with Crippen molar-refractivity contribution < 1.29 is 23.8 Å². The molecule has 2 aromatic carbocycles. The predicted molar refractivity (Wildman–Crippen MR) is 122 cm³/mol. The van der Waals surface area contributed by atoms with Crippen LogP contribution in [-0.4, -0.2) is 48.7 Å². The molecule has 0 radical (unpaired) electrons. The topological polar surface area (TPSA) is 99.6 Å². The maximum atomic E-state index is 12.2. The summed E-state index contributed by atoms with van der Waals surface area (Å²) in [7, 11) is 3.16. The molecule has 3 aromatic rings. The molecule has 0 bridgehead atoms. The van der Waals surface area contributed by atoms with Crippen LogP contribution in [0.5, 0.6) is 11.5 Å². The molecule has 0 unspecified atom stereocenters. The number of anilines is 1. The zero-order chi connectivity index (χ0) is 22.9. The van der Waals surface area contributed by atoms with Gasteiger partial charge in [0.25, 0.3) is 0 Å². The van der Waals surface area contributed by atoms with Crippen LogP contribution in [0.4, 0.5) is 5.69 Å². The Morgan fingerprint density at radius 2 is 1.69 bits per heavy atom. The molecule has 166 valence electrons. The molecule has 32 heavy (non-hydrogen) atoms. The summed E-state index contributed by atoms with van der Waals surface area (Å²) in [5.74, 6) is 0.833. The number of nitrogens with zero attached hydrogens (tertiary/aromatic N) is 2. The molecule has 0 aliphatic heterocycles. The first kappa shape index (κ1) is 23.1. The molecule has 1 heterocycles. The summed E-state index contributed by atoms with van der Waals surface area (Å²) in [6.45, 7) is 2.06. The molecule has 1 N–H and O–H groups in total. The molecule has 0 saturated heterocycles. The van der Waals surface area contributed by atoms with Crippen molar-refractivity contribution in [2.75, 3.05) is 31.9 Å². The van der Waals surface area contributed by atoms with E-state index in [0.717, 1.165) is 5.56 Å². The summed E-state index contributed by atoms with van der Waals surface area (Å²) >= 11 is 1.28. The van der Waals surface area contributed by atoms with Crippen molar-refractivity contribution >= 4 is 29.3 Å². The molecule has 0 aliphatic carbocycles. The summed E-state index contributed by atoms with van der Waals surface area (Å²) in [5.41, 5.74) is 2.56. The first-order valence-electron chi connectivity index (χ1n) is 9.80. The Morgan fingerprint density at radius 3 is 2.31 bits per heavy atom. The van der Waals surface area contributed by atoms with Gasteiger partial charge in [-0.2, -0.15) is 0 Å². The SMILES string of the molecule is CCOC(=O)c1ccc(NC(=O)CSc2ccc(-c3ccc(OC)c(OC)c3)nn2)cc1. The predicted octanol–water partition coefficient (Wildman–Crippen LogP) is 4.07. The number of amides is 1. The Labute approximate surface area is 190 Å². The van der Waals surface area contributed by atoms with Gasteiger partial charge in [0.1, 0.15) is 5.03 Å². The number of nitrogens with one attached hydrogen (secondary N) is 1. The second-order valence-corrected chi connectivity index (χ2v) is 7.46. The smallest absolute Gasteiger partial charge is 0.338 e. The highest BCUT2D eigenvalue weighted by Gasteiger charge is 2.10. The number of ether oxygens (including phenoxy) is 3. The van der Waals surface area contributed by atoms with E-state index < -0.39 is 5.97 Å². The first-order chi connectivity index (χ1) is 15.5. The number of esters is 1. The minimum Gasteiger partial charge on any atom is -0.493 e. The number of carbonyl (C=O) groups excluding carboxylic acids is 2. The Balaban J connectivity index is 1.55. The third kappa shape index (κ3) is 5.98. The molecule has 3 rings (SSSR count). The van der Waals surface area contributed by atoms with Gasteiger partial charge in [0.15, 0.2) is 11.5 Å². The quantitative estimate of drug-likeness (QED) is 0.382. The highest BCUT2D eigenvalue weighted by molar-refractivity contribution is 7.99. The van der Waals surface area contributed by atoms with Crippen LogP contribution in [-0.2, 0) is 9.53 Å². The minimum absolute atomic E-state index is 0.171. The van der Waals surface area contributed by atoms with E-state index >= 15 is 0 Å². The number of hydrogen-bond donors (Lipinski definition) is 1. The van der Waals surface area contributed by atoms with E-state index in [1.807, 2.05) is 30.3 Å². The largest absolute Gasteiger partial charge is 0.493 e. The Kier molecular flexibility index (Phi) is 8.04. The zero-order valence-electron chi connectivity index (χ0n) is 18.0. The Hall–Kier alpha value is -3.59. The lowest BCUT2D eigenvalue weighted by molar-refractivity contribution is -0.113. The lowest BCUT2D eigenvalue weighted by atomic mass is 10.1. The van der Waals surface area contributed by atoms with E-state index in [0.29, 0.717) is 40.1 Å². The maximum Gasteiger partial charge on any atom is 0.338 e. The van der Waals surface area contributed by atoms with Crippen molar-refractivity contribution in [1.29, 1.82) is 0 Å². The van der Waals surface area contributed by atoms with Crippen LogP contribution in [0.25, 0.3) is 11.3 Å². The Bertz CT molecular complexity index is 1070. The van der Waals surface area contributed by atoms with Gasteiger partial charge in [-0.25, -0.2) is 4.79 Å². The molecule has 0 saturated carbocycles. The van der Waals surface area contributed by atoms with Crippen LogP contribution >= 0.6 is 11.8 Å². The van der Waals surface area contributed by atoms with Gasteiger partial charge in [0, 0.05) is 11.3 Å². The first-order valence-corrected chi connectivity index (χ1v) is 10.8. The number of methoxy groups -OCH3 is 2. The fraction of sp³-hybridized carbons (Fsp3) is 0.217. The molecular weight excluding hydrogens is 430 g/mol. The lowest BCUT2D eigenvalue weighted by Crippen LogP contribution is -2.14. The second-order valence-electron chi connectivity index (χ2n) is 6.46. The lowest BCUT2D eigenvalue weighted by Gasteiger charge is -2.09. The maximum absolute atomic E-state index is 12.2. The number of hydrogen-bond acceptors (Lipinski definition) is 8. The molecule has 0 aliphatic rings. The number of thioether (sulfide) groups is 1. The van der Waals surface area contributed by atoms with Crippen LogP contribution in [0.15, 0.2) is 59.6 Å². The third-order valence-electron chi connectivity index (χ3n) is 4.35. The van der Waals surface area contributed by atoms with E-state index in [-0.39, 0.29) is 11.7 Å². The van der Waals surface area contributed by atoms with Gasteiger partial charge in [-0.15, -0.1) is 10.2 Å². The fourth-order valence-corrected chi connectivity index (χ4v) is 3.40. The van der Waals surface area contributed by atoms with E-state index in [1.165, 1.54) is 11.8 Å². The van der Waals surface area contributed by atoms with Crippen LogP contribution in [0.3, 0.4) is 0 Å². The van der Waals surface area contributed by atoms with Gasteiger partial charge in [-0.3, -0.25) is 4.79 Å². The molecule has 1 amide bonds. The molecule has 1 aromatic heterocycles. The van der Waals surface area contributed by atoms with Crippen LogP contribution in [0.2, 0.25) is 0 Å². The summed E-state index contributed by atoms with van der Waals surface area (Å²) in [5, 5.41) is 11.8. The van der Waals surface area contributed by atoms with Gasteiger partial charge < -0.3 is 19.5 Å². The van der Waals surface area contributed by atoms with Crippen LogP contribution in [0, 0.1) is 0 Å². The Morgan fingerprint density at radius 1 is 0.938 bits per heavy atom. The fourth-order valence-electron chi connectivity index (χ4n) is 2.79. The van der Waals surface area contributed by atoms with E-state index in [4.69, 9.17) is 14.2 Å². The van der Waals surface area contributed by atoms with Crippen molar-refractivity contribution in [3.05, 3.63) is 60.2 Å². The third-order valence-corrected chi connectivity index (χ3v) is 5.27. The van der Waals surface area contributed by atoms with E-state index in [2.05, 4.69) is 15.5 Å². The molecular formula is C23H23N3O5S. The van der Waals surface area contributed by atoms with Crippen molar-refractivity contribution in [2.24, 2.45) is 0 Å². The van der Waals surface area contributed by atoms with Gasteiger partial charge in [-0.1, -0.05) is 11.8 Å². The van der Waals surface area contributed by atoms with Crippen molar-refractivity contribution in [1.82, 2.24) is 10.2 Å². The second kappa shape index (κ2) is 11.1. The van der Waals surface area contributed by atoms with Crippen molar-refractivity contribution in [2.45, 2.75) is 11.9 Å². The number of benzene rings is 2. The van der Waals surface area contributed by atoms with Gasteiger partial charge >= 0.3 is 5.97 Å². The van der Waals surface area contributed by atoms with Gasteiger partial charge in [-0.05, 0) is 61.5 Å². The summed E-state index contributed by atoms with van der Waals surface area (Å²) in [6, 6.07) is 15.7. The molecule has 8 nitrogen and oxygen atoms in total. The highest BCUT2D eigenvalue weighted by Crippen LogP contribution is 2.31. The van der Waals surface area contributed by atoms with Crippen molar-refractivity contribution in [3.8, 4) is 22.8 Å². The van der Waals surface area contributed by atoms with E-state index in [1.54, 1.807) is 45.4 Å². The average Bonchev–Trinajstić information content (AvgIpc) is 2.83. The summed E-state index contributed by atoms with van der Waals surface area (Å²) in [4.78, 5) is 23.9. The minimum atomic E-state index is -0.393. The van der Waals surface area contributed by atoms with Crippen LogP contribution < -0.4 is 14.8 Å².